The smallest absolute Gasteiger partial charge is 0.226 e. The van der Waals surface area contributed by atoms with Crippen LogP contribution in [0.2, 0.25) is 0 Å². The lowest BCUT2D eigenvalue weighted by atomic mass is 10.1. The fourth-order valence-corrected chi connectivity index (χ4v) is 4.03. The van der Waals surface area contributed by atoms with Crippen LogP contribution >= 0.6 is 24.0 Å². The highest BCUT2D eigenvalue weighted by atomic mass is 127. The van der Waals surface area contributed by atoms with Crippen molar-refractivity contribution < 1.29 is 9.15 Å². The highest BCUT2D eigenvalue weighted by Gasteiger charge is 2.25. The van der Waals surface area contributed by atoms with Gasteiger partial charge >= 0.3 is 0 Å². The van der Waals surface area contributed by atoms with Crippen LogP contribution in [0, 0.1) is 12.8 Å². The summed E-state index contributed by atoms with van der Waals surface area (Å²) in [7, 11) is 0. The summed E-state index contributed by atoms with van der Waals surface area (Å²) in [6.45, 7) is 9.15. The first-order valence-electron chi connectivity index (χ1n) is 11.9. The minimum absolute atomic E-state index is 0. The number of aliphatic imine (C=N–C) groups is 1. The number of nitrogens with zero attached hydrogens (tertiary/aromatic N) is 3. The molecule has 1 aliphatic heterocycles. The van der Waals surface area contributed by atoms with E-state index >= 15 is 0 Å². The molecule has 34 heavy (non-hydrogen) atoms. The summed E-state index contributed by atoms with van der Waals surface area (Å²) in [5, 5.41) is 3.44. The number of hydrogen-bond acceptors (Lipinski definition) is 4. The van der Waals surface area contributed by atoms with Crippen LogP contribution in [0.4, 0.5) is 0 Å². The normalized spacial score (nSPS) is 15.9. The van der Waals surface area contributed by atoms with Gasteiger partial charge in [0, 0.05) is 44.1 Å². The molecule has 6 nitrogen and oxygen atoms in total. The van der Waals surface area contributed by atoms with E-state index in [0.29, 0.717) is 25.0 Å². The van der Waals surface area contributed by atoms with Crippen LogP contribution in [0.1, 0.15) is 30.2 Å². The summed E-state index contributed by atoms with van der Waals surface area (Å²) in [5.41, 5.74) is 4.38. The lowest BCUT2D eigenvalue weighted by Gasteiger charge is -2.21. The highest BCUT2D eigenvalue weighted by molar-refractivity contribution is 14.0. The van der Waals surface area contributed by atoms with Crippen molar-refractivity contribution in [2.75, 3.05) is 32.8 Å². The molecule has 4 rings (SSSR count). The van der Waals surface area contributed by atoms with E-state index in [1.807, 2.05) is 18.2 Å². The van der Waals surface area contributed by atoms with Crippen LogP contribution in [-0.4, -0.2) is 48.6 Å². The van der Waals surface area contributed by atoms with Gasteiger partial charge in [-0.1, -0.05) is 48.0 Å². The summed E-state index contributed by atoms with van der Waals surface area (Å²) in [5.74, 6) is 2.18. The maximum Gasteiger partial charge on any atom is 0.226 e. The summed E-state index contributed by atoms with van der Waals surface area (Å²) in [6, 6.07) is 18.6. The van der Waals surface area contributed by atoms with E-state index < -0.39 is 0 Å². The van der Waals surface area contributed by atoms with Crippen LogP contribution in [0.15, 0.2) is 70.3 Å². The lowest BCUT2D eigenvalue weighted by Crippen LogP contribution is -2.40. The molecule has 2 aromatic carbocycles. The van der Waals surface area contributed by atoms with Gasteiger partial charge in [-0.15, -0.1) is 24.0 Å². The molecule has 1 saturated heterocycles. The van der Waals surface area contributed by atoms with E-state index in [1.54, 1.807) is 6.26 Å². The van der Waals surface area contributed by atoms with Crippen molar-refractivity contribution in [2.24, 2.45) is 10.9 Å². The van der Waals surface area contributed by atoms with Gasteiger partial charge in [-0.2, -0.15) is 0 Å². The average Bonchev–Trinajstić information content (AvgIpc) is 3.50. The number of benzene rings is 2. The molecule has 1 aromatic heterocycles. The second kappa shape index (κ2) is 13.5. The van der Waals surface area contributed by atoms with Crippen molar-refractivity contribution in [3.05, 3.63) is 77.7 Å². The van der Waals surface area contributed by atoms with Gasteiger partial charge in [0.1, 0.15) is 6.26 Å². The average molecular weight is 575 g/mol. The van der Waals surface area contributed by atoms with Crippen LogP contribution in [0.3, 0.4) is 0 Å². The van der Waals surface area contributed by atoms with E-state index in [1.165, 1.54) is 11.1 Å². The monoisotopic (exact) mass is 574 g/mol. The largest absolute Gasteiger partial charge is 0.444 e. The number of rotatable bonds is 9. The second-order valence-electron chi connectivity index (χ2n) is 8.60. The Labute approximate surface area is 219 Å². The summed E-state index contributed by atoms with van der Waals surface area (Å²) < 4.78 is 11.6. The first-order valence-corrected chi connectivity index (χ1v) is 11.9. The van der Waals surface area contributed by atoms with Crippen LogP contribution in [-0.2, 0) is 17.8 Å². The fraction of sp³-hybridized carbons (Fsp3) is 0.407. The van der Waals surface area contributed by atoms with Crippen molar-refractivity contribution >= 4 is 29.9 Å². The molecule has 3 aromatic rings. The predicted octanol–water partition coefficient (Wildman–Crippen LogP) is 5.31. The Morgan fingerprint density at radius 3 is 2.74 bits per heavy atom. The first kappa shape index (κ1) is 26.2. The number of aryl methyl sites for hydroxylation is 1. The number of nitrogens with one attached hydrogen (secondary N) is 1. The Balaban J connectivity index is 0.00000324. The topological polar surface area (TPSA) is 62.9 Å². The maximum absolute atomic E-state index is 5.97. The molecule has 1 unspecified atom stereocenters. The molecule has 0 aliphatic carbocycles. The zero-order valence-electron chi connectivity index (χ0n) is 20.1. The molecule has 0 saturated carbocycles. The summed E-state index contributed by atoms with van der Waals surface area (Å²) >= 11 is 0. The Bertz CT molecular complexity index is 1020. The van der Waals surface area contributed by atoms with Crippen molar-refractivity contribution in [3.8, 4) is 11.5 Å². The van der Waals surface area contributed by atoms with Crippen LogP contribution in [0.5, 0.6) is 0 Å². The molecule has 1 N–H and O–H groups in total. The van der Waals surface area contributed by atoms with E-state index in [2.05, 4.69) is 65.4 Å². The van der Waals surface area contributed by atoms with Crippen molar-refractivity contribution in [3.63, 3.8) is 0 Å². The van der Waals surface area contributed by atoms with Crippen molar-refractivity contribution in [1.82, 2.24) is 15.2 Å². The molecular weight excluding hydrogens is 539 g/mol. The number of oxazole rings is 1. The van der Waals surface area contributed by atoms with Crippen LogP contribution in [0.25, 0.3) is 11.5 Å². The molecule has 1 fully saturated rings. The zero-order chi connectivity index (χ0) is 22.9. The van der Waals surface area contributed by atoms with Gasteiger partial charge in [0.25, 0.3) is 0 Å². The van der Waals surface area contributed by atoms with Gasteiger partial charge in [-0.25, -0.2) is 4.98 Å². The molecule has 1 aliphatic rings. The lowest BCUT2D eigenvalue weighted by molar-refractivity contribution is 0.0907. The third kappa shape index (κ3) is 7.56. The van der Waals surface area contributed by atoms with Crippen molar-refractivity contribution in [2.45, 2.75) is 33.3 Å². The molecule has 1 atom stereocenters. The molecular formula is C27H35IN4O2. The molecule has 0 bridgehead atoms. The zero-order valence-corrected chi connectivity index (χ0v) is 22.4. The van der Waals surface area contributed by atoms with Gasteiger partial charge in [-0.3, -0.25) is 4.99 Å². The molecule has 0 spiro atoms. The van der Waals surface area contributed by atoms with Gasteiger partial charge in [0.15, 0.2) is 5.96 Å². The molecule has 182 valence electrons. The van der Waals surface area contributed by atoms with Crippen molar-refractivity contribution in [1.29, 1.82) is 0 Å². The van der Waals surface area contributed by atoms with Gasteiger partial charge in [0.05, 0.1) is 18.9 Å². The maximum atomic E-state index is 5.97. The summed E-state index contributed by atoms with van der Waals surface area (Å²) in [4.78, 5) is 11.8. The summed E-state index contributed by atoms with van der Waals surface area (Å²) in [6.07, 6.45) is 3.62. The SMILES string of the molecule is CCNC(=NCCc1coc(-c2ccc(C)cc2)n1)N1CCC(COCc2ccccc2)C1.I. The van der Waals surface area contributed by atoms with E-state index in [9.17, 15) is 0 Å². The van der Waals surface area contributed by atoms with Gasteiger partial charge in [0.2, 0.25) is 5.89 Å². The van der Waals surface area contributed by atoms with Gasteiger partial charge < -0.3 is 19.4 Å². The standard InChI is InChI=1S/C27H34N4O2.HI/c1-3-28-27(31-16-14-23(17-31)19-32-18-22-7-5-4-6-8-22)29-15-13-25-20-33-26(30-25)24-11-9-21(2)10-12-24;/h4-12,20,23H,3,13-19H2,1-2H3,(H,28,29);1H. The Morgan fingerprint density at radius 2 is 1.97 bits per heavy atom. The number of aromatic nitrogens is 1. The third-order valence-corrected chi connectivity index (χ3v) is 5.87. The number of likely N-dealkylation sites (tertiary alicyclic amines) is 1. The highest BCUT2D eigenvalue weighted by Crippen LogP contribution is 2.20. The second-order valence-corrected chi connectivity index (χ2v) is 8.60. The molecule has 7 heteroatoms. The van der Waals surface area contributed by atoms with Gasteiger partial charge in [-0.05, 0) is 38.0 Å². The number of guanidine groups is 1. The van der Waals surface area contributed by atoms with Crippen LogP contribution < -0.4 is 5.32 Å². The third-order valence-electron chi connectivity index (χ3n) is 5.87. The first-order chi connectivity index (χ1) is 16.2. The Kier molecular flexibility index (Phi) is 10.4. The number of ether oxygens (including phenoxy) is 1. The number of hydrogen-bond donors (Lipinski definition) is 1. The quantitative estimate of drug-likeness (QED) is 0.213. The molecule has 0 radical (unpaired) electrons. The van der Waals surface area contributed by atoms with E-state index in [0.717, 1.165) is 56.3 Å². The molecule has 2 heterocycles. The minimum Gasteiger partial charge on any atom is -0.444 e. The Hall–Kier alpha value is -2.39. The number of halogens is 1. The van der Waals surface area contributed by atoms with E-state index in [4.69, 9.17) is 14.1 Å². The Morgan fingerprint density at radius 1 is 1.18 bits per heavy atom. The fourth-order valence-electron chi connectivity index (χ4n) is 4.03. The van der Waals surface area contributed by atoms with E-state index in [-0.39, 0.29) is 24.0 Å². The minimum atomic E-state index is 0. The predicted molar refractivity (Wildman–Crippen MR) is 148 cm³/mol. The molecule has 0 amide bonds.